The maximum absolute atomic E-state index is 12.1. The van der Waals surface area contributed by atoms with Crippen molar-refractivity contribution in [2.24, 2.45) is 0 Å². The number of fused-ring (bicyclic) bond motifs is 3. The predicted molar refractivity (Wildman–Crippen MR) is 90.2 cm³/mol. The van der Waals surface area contributed by atoms with Crippen LogP contribution >= 0.6 is 0 Å². The summed E-state index contributed by atoms with van der Waals surface area (Å²) in [7, 11) is 0. The highest BCUT2D eigenvalue weighted by Gasteiger charge is 2.40. The van der Waals surface area contributed by atoms with Gasteiger partial charge in [0.2, 0.25) is 0 Å². The lowest BCUT2D eigenvalue weighted by Crippen LogP contribution is -2.43. The molecule has 0 saturated carbocycles. The molecule has 2 heterocycles. The fourth-order valence-corrected chi connectivity index (χ4v) is 2.75. The number of rotatable bonds is 3. The minimum atomic E-state index is -0.818. The molecule has 0 saturated heterocycles. The van der Waals surface area contributed by atoms with E-state index in [0.717, 1.165) is 10.9 Å². The molecule has 1 aromatic heterocycles. The molecule has 0 bridgehead atoms. The van der Waals surface area contributed by atoms with Gasteiger partial charge in [-0.15, -0.1) is 0 Å². The van der Waals surface area contributed by atoms with Gasteiger partial charge in [0.15, 0.2) is 0 Å². The number of ether oxygens (including phenoxy) is 2. The first-order valence-corrected chi connectivity index (χ1v) is 7.90. The number of allylic oxidation sites excluding steroid dienone is 1. The Labute approximate surface area is 139 Å². The van der Waals surface area contributed by atoms with Gasteiger partial charge in [0, 0.05) is 29.0 Å². The standard InChI is InChI=1S/C19H20O5/c1-5-11(2)18(21)24-19(3,4)15-10-13-14(22-15)8-6-12-7-9-16(20)23-17(12)13/h5-9,15H,10H2,1-4H3/b11-5+/t15-/m1/s1. The van der Waals surface area contributed by atoms with Crippen molar-refractivity contribution in [1.82, 2.24) is 0 Å². The molecule has 0 spiro atoms. The van der Waals surface area contributed by atoms with E-state index in [0.29, 0.717) is 23.3 Å². The molecule has 0 fully saturated rings. The van der Waals surface area contributed by atoms with Crippen molar-refractivity contribution in [3.05, 3.63) is 51.9 Å². The zero-order valence-corrected chi connectivity index (χ0v) is 14.2. The summed E-state index contributed by atoms with van der Waals surface area (Å²) in [5.41, 5.74) is 0.710. The predicted octanol–water partition coefficient (Wildman–Crippen LogP) is 3.38. The number of carbonyl (C=O) groups excluding carboxylic acids is 1. The van der Waals surface area contributed by atoms with Gasteiger partial charge in [-0.3, -0.25) is 0 Å². The van der Waals surface area contributed by atoms with Crippen LogP contribution in [-0.4, -0.2) is 17.7 Å². The average molecular weight is 328 g/mol. The quantitative estimate of drug-likeness (QED) is 0.491. The molecule has 1 atom stereocenters. The monoisotopic (exact) mass is 328 g/mol. The van der Waals surface area contributed by atoms with E-state index in [-0.39, 0.29) is 12.1 Å². The summed E-state index contributed by atoms with van der Waals surface area (Å²) < 4.78 is 16.9. The van der Waals surface area contributed by atoms with Crippen LogP contribution in [0.2, 0.25) is 0 Å². The average Bonchev–Trinajstić information content (AvgIpc) is 2.99. The molecule has 0 aliphatic carbocycles. The molecular weight excluding hydrogens is 308 g/mol. The highest BCUT2D eigenvalue weighted by atomic mass is 16.6. The van der Waals surface area contributed by atoms with Crippen LogP contribution in [0.25, 0.3) is 11.0 Å². The second kappa shape index (κ2) is 5.82. The van der Waals surface area contributed by atoms with Crippen molar-refractivity contribution >= 4 is 16.9 Å². The third kappa shape index (κ3) is 2.82. The van der Waals surface area contributed by atoms with Crippen LogP contribution in [0.1, 0.15) is 33.3 Å². The van der Waals surface area contributed by atoms with Crippen LogP contribution in [0.3, 0.4) is 0 Å². The van der Waals surface area contributed by atoms with Crippen LogP contribution in [0.15, 0.2) is 45.1 Å². The maximum atomic E-state index is 12.1. The van der Waals surface area contributed by atoms with Crippen molar-refractivity contribution in [2.45, 2.75) is 45.8 Å². The molecule has 1 aliphatic heterocycles. The Hall–Kier alpha value is -2.56. The first-order chi connectivity index (χ1) is 11.3. The van der Waals surface area contributed by atoms with Crippen LogP contribution in [-0.2, 0) is 16.0 Å². The minimum Gasteiger partial charge on any atom is -0.485 e. The lowest BCUT2D eigenvalue weighted by atomic mass is 9.96. The van der Waals surface area contributed by atoms with Crippen LogP contribution < -0.4 is 10.4 Å². The van der Waals surface area contributed by atoms with Gasteiger partial charge in [-0.05, 0) is 45.9 Å². The molecule has 1 aromatic carbocycles. The maximum Gasteiger partial charge on any atom is 0.336 e. The summed E-state index contributed by atoms with van der Waals surface area (Å²) in [6.07, 6.45) is 1.87. The Morgan fingerprint density at radius 1 is 1.29 bits per heavy atom. The van der Waals surface area contributed by atoms with Gasteiger partial charge >= 0.3 is 11.6 Å². The highest BCUT2D eigenvalue weighted by Crippen LogP contribution is 2.38. The van der Waals surface area contributed by atoms with Crippen molar-refractivity contribution in [3.8, 4) is 5.75 Å². The zero-order valence-electron chi connectivity index (χ0n) is 14.2. The number of hydrogen-bond acceptors (Lipinski definition) is 5. The van der Waals surface area contributed by atoms with Crippen LogP contribution in [0.4, 0.5) is 0 Å². The Kier molecular flexibility index (Phi) is 3.95. The first-order valence-electron chi connectivity index (χ1n) is 7.90. The molecule has 0 N–H and O–H groups in total. The fraction of sp³-hybridized carbons (Fsp3) is 0.368. The molecular formula is C19H20O5. The second-order valence-electron chi connectivity index (χ2n) is 6.49. The number of hydrogen-bond donors (Lipinski definition) is 0. The molecule has 3 rings (SSSR count). The normalized spacial score (nSPS) is 17.5. The van der Waals surface area contributed by atoms with Crippen LogP contribution in [0, 0.1) is 0 Å². The van der Waals surface area contributed by atoms with Gasteiger partial charge in [0.05, 0.1) is 0 Å². The minimum absolute atomic E-state index is 0.350. The van der Waals surface area contributed by atoms with Gasteiger partial charge in [-0.1, -0.05) is 6.08 Å². The lowest BCUT2D eigenvalue weighted by Gasteiger charge is -2.30. The molecule has 5 heteroatoms. The lowest BCUT2D eigenvalue weighted by molar-refractivity contribution is -0.159. The molecule has 1 aliphatic rings. The smallest absolute Gasteiger partial charge is 0.336 e. The molecule has 0 unspecified atom stereocenters. The highest BCUT2D eigenvalue weighted by molar-refractivity contribution is 5.88. The van der Waals surface area contributed by atoms with Gasteiger partial charge < -0.3 is 13.9 Å². The van der Waals surface area contributed by atoms with E-state index in [1.54, 1.807) is 26.0 Å². The zero-order chi connectivity index (χ0) is 17.5. The van der Waals surface area contributed by atoms with Gasteiger partial charge in [-0.2, -0.15) is 0 Å². The summed E-state index contributed by atoms with van der Waals surface area (Å²) in [6, 6.07) is 6.83. The Balaban J connectivity index is 1.90. The van der Waals surface area contributed by atoms with Gasteiger partial charge in [0.1, 0.15) is 23.0 Å². The number of carbonyl (C=O) groups is 1. The summed E-state index contributed by atoms with van der Waals surface area (Å²) in [4.78, 5) is 23.6. The number of benzene rings is 1. The third-order valence-corrected chi connectivity index (χ3v) is 4.39. The Bertz CT molecular complexity index is 888. The number of esters is 1. The van der Waals surface area contributed by atoms with Gasteiger partial charge in [0.25, 0.3) is 0 Å². The van der Waals surface area contributed by atoms with E-state index < -0.39 is 11.2 Å². The van der Waals surface area contributed by atoms with E-state index in [9.17, 15) is 9.59 Å². The topological polar surface area (TPSA) is 65.7 Å². The van der Waals surface area contributed by atoms with Crippen LogP contribution in [0.5, 0.6) is 5.75 Å². The Morgan fingerprint density at radius 3 is 2.71 bits per heavy atom. The molecule has 5 nitrogen and oxygen atoms in total. The fourth-order valence-electron chi connectivity index (χ4n) is 2.75. The Morgan fingerprint density at radius 2 is 2.00 bits per heavy atom. The summed E-state index contributed by atoms with van der Waals surface area (Å²) in [5.74, 6) is 0.298. The van der Waals surface area contributed by atoms with Crippen molar-refractivity contribution in [2.75, 3.05) is 0 Å². The van der Waals surface area contributed by atoms with E-state index in [1.807, 2.05) is 26.0 Å². The molecule has 2 aromatic rings. The summed E-state index contributed by atoms with van der Waals surface area (Å²) in [6.45, 7) is 7.15. The van der Waals surface area contributed by atoms with Crippen molar-refractivity contribution < 1.29 is 18.7 Å². The molecule has 24 heavy (non-hydrogen) atoms. The van der Waals surface area contributed by atoms with E-state index in [2.05, 4.69) is 0 Å². The summed E-state index contributed by atoms with van der Waals surface area (Å²) in [5, 5.41) is 0.845. The largest absolute Gasteiger partial charge is 0.485 e. The second-order valence-corrected chi connectivity index (χ2v) is 6.49. The van der Waals surface area contributed by atoms with E-state index in [4.69, 9.17) is 13.9 Å². The first kappa shape index (κ1) is 16.3. The third-order valence-electron chi connectivity index (χ3n) is 4.39. The van der Waals surface area contributed by atoms with E-state index >= 15 is 0 Å². The van der Waals surface area contributed by atoms with Crippen molar-refractivity contribution in [1.29, 1.82) is 0 Å². The molecule has 0 amide bonds. The SMILES string of the molecule is C/C=C(\C)C(=O)OC(C)(C)[C@H]1Cc2c(ccc3ccc(=O)oc23)O1. The molecule has 0 radical (unpaired) electrons. The summed E-state index contributed by atoms with van der Waals surface area (Å²) >= 11 is 0. The van der Waals surface area contributed by atoms with Gasteiger partial charge in [-0.25, -0.2) is 9.59 Å². The molecule has 126 valence electrons. The van der Waals surface area contributed by atoms with Crippen molar-refractivity contribution in [3.63, 3.8) is 0 Å². The van der Waals surface area contributed by atoms with E-state index in [1.165, 1.54) is 6.07 Å².